The summed E-state index contributed by atoms with van der Waals surface area (Å²) in [5.74, 6) is 0.104. The number of nitrogens with one attached hydrogen (secondary N) is 1. The lowest BCUT2D eigenvalue weighted by Crippen LogP contribution is -2.49. The predicted octanol–water partition coefficient (Wildman–Crippen LogP) is 3.20. The maximum absolute atomic E-state index is 13.0. The molecule has 1 aromatic carbocycles. The number of halogens is 1. The SMILES string of the molecule is COCCCCn1cc(Cl)c2ccc(CN(C(=O)C3CNCCO3)C3CC3)cc21. The van der Waals surface area contributed by atoms with Gasteiger partial charge in [0.25, 0.3) is 5.91 Å². The molecule has 1 amide bonds. The standard InChI is InChI=1S/C22H30ClN3O3/c1-28-10-3-2-9-25-15-19(23)18-7-4-16(12-20(18)25)14-26(17-5-6-17)22(27)21-13-24-8-11-29-21/h4,7,12,15,17,21,24H,2-3,5-6,8-11,13-14H2,1H3. The molecule has 7 heteroatoms. The van der Waals surface area contributed by atoms with E-state index in [-0.39, 0.29) is 12.0 Å². The molecular formula is C22H30ClN3O3. The molecule has 2 heterocycles. The number of unbranched alkanes of at least 4 members (excludes halogenated alkanes) is 1. The maximum atomic E-state index is 13.0. The molecule has 2 fully saturated rings. The van der Waals surface area contributed by atoms with Gasteiger partial charge in [-0.2, -0.15) is 0 Å². The van der Waals surface area contributed by atoms with Gasteiger partial charge in [-0.05, 0) is 37.3 Å². The number of carbonyl (C=O) groups is 1. The molecule has 158 valence electrons. The van der Waals surface area contributed by atoms with Gasteiger partial charge in [0.2, 0.25) is 0 Å². The highest BCUT2D eigenvalue weighted by Gasteiger charge is 2.36. The first-order valence-corrected chi connectivity index (χ1v) is 10.9. The summed E-state index contributed by atoms with van der Waals surface area (Å²) in [4.78, 5) is 15.1. The van der Waals surface area contributed by atoms with Crippen LogP contribution in [0.4, 0.5) is 0 Å². The molecule has 0 radical (unpaired) electrons. The van der Waals surface area contributed by atoms with Crippen molar-refractivity contribution in [3.05, 3.63) is 35.0 Å². The second kappa shape index (κ2) is 9.47. The van der Waals surface area contributed by atoms with Gasteiger partial charge in [0.15, 0.2) is 0 Å². The zero-order valence-electron chi connectivity index (χ0n) is 17.0. The molecule has 1 aliphatic carbocycles. The number of carbonyl (C=O) groups excluding carboxylic acids is 1. The quantitative estimate of drug-likeness (QED) is 0.634. The van der Waals surface area contributed by atoms with Crippen LogP contribution in [0.3, 0.4) is 0 Å². The highest BCUT2D eigenvalue weighted by Crippen LogP contribution is 2.31. The second-order valence-corrected chi connectivity index (χ2v) is 8.39. The zero-order chi connectivity index (χ0) is 20.2. The van der Waals surface area contributed by atoms with E-state index in [9.17, 15) is 4.79 Å². The van der Waals surface area contributed by atoms with E-state index < -0.39 is 0 Å². The van der Waals surface area contributed by atoms with Crippen LogP contribution in [0.2, 0.25) is 5.02 Å². The summed E-state index contributed by atoms with van der Waals surface area (Å²) < 4.78 is 13.1. The fraction of sp³-hybridized carbons (Fsp3) is 0.591. The average molecular weight is 420 g/mol. The van der Waals surface area contributed by atoms with Gasteiger partial charge >= 0.3 is 0 Å². The van der Waals surface area contributed by atoms with E-state index in [0.717, 1.165) is 66.9 Å². The highest BCUT2D eigenvalue weighted by molar-refractivity contribution is 6.35. The van der Waals surface area contributed by atoms with Gasteiger partial charge in [-0.15, -0.1) is 0 Å². The Balaban J connectivity index is 1.50. The number of aromatic nitrogens is 1. The Hall–Kier alpha value is -1.60. The lowest BCUT2D eigenvalue weighted by atomic mass is 10.1. The van der Waals surface area contributed by atoms with Gasteiger partial charge in [0, 0.05) is 63.0 Å². The molecule has 1 atom stereocenters. The molecule has 1 unspecified atom stereocenters. The van der Waals surface area contributed by atoms with Gasteiger partial charge < -0.3 is 24.3 Å². The summed E-state index contributed by atoms with van der Waals surface area (Å²) in [5.41, 5.74) is 2.26. The maximum Gasteiger partial charge on any atom is 0.253 e. The number of amides is 1. The summed E-state index contributed by atoms with van der Waals surface area (Å²) in [5, 5.41) is 5.09. The molecular weight excluding hydrogens is 390 g/mol. The summed E-state index contributed by atoms with van der Waals surface area (Å²) in [6.07, 6.45) is 5.86. The minimum Gasteiger partial charge on any atom is -0.385 e. The van der Waals surface area contributed by atoms with E-state index in [1.165, 1.54) is 0 Å². The Kier molecular flexibility index (Phi) is 6.75. The van der Waals surface area contributed by atoms with Crippen LogP contribution in [-0.4, -0.2) is 60.9 Å². The summed E-state index contributed by atoms with van der Waals surface area (Å²) in [6, 6.07) is 6.69. The number of methoxy groups -OCH3 is 1. The van der Waals surface area contributed by atoms with Gasteiger partial charge in [-0.1, -0.05) is 23.7 Å². The topological polar surface area (TPSA) is 55.7 Å². The minimum absolute atomic E-state index is 0.104. The van der Waals surface area contributed by atoms with Crippen molar-refractivity contribution >= 4 is 28.4 Å². The normalized spacial score (nSPS) is 19.6. The van der Waals surface area contributed by atoms with Crippen LogP contribution in [0.5, 0.6) is 0 Å². The molecule has 0 bridgehead atoms. The molecule has 1 saturated heterocycles. The van der Waals surface area contributed by atoms with E-state index in [1.807, 2.05) is 11.1 Å². The molecule has 2 aliphatic rings. The molecule has 4 rings (SSSR count). The van der Waals surface area contributed by atoms with Crippen molar-refractivity contribution in [3.63, 3.8) is 0 Å². The molecule has 2 aromatic rings. The molecule has 1 N–H and O–H groups in total. The molecule has 1 aromatic heterocycles. The predicted molar refractivity (Wildman–Crippen MR) is 114 cm³/mol. The largest absolute Gasteiger partial charge is 0.385 e. The van der Waals surface area contributed by atoms with Crippen molar-refractivity contribution in [2.75, 3.05) is 33.4 Å². The number of ether oxygens (including phenoxy) is 2. The number of aryl methyl sites for hydroxylation is 1. The number of hydrogen-bond acceptors (Lipinski definition) is 4. The molecule has 0 spiro atoms. The van der Waals surface area contributed by atoms with Crippen LogP contribution in [-0.2, 0) is 27.4 Å². The van der Waals surface area contributed by atoms with Crippen molar-refractivity contribution in [1.82, 2.24) is 14.8 Å². The molecule has 6 nitrogen and oxygen atoms in total. The van der Waals surface area contributed by atoms with Crippen molar-refractivity contribution < 1.29 is 14.3 Å². The lowest BCUT2D eigenvalue weighted by molar-refractivity contribution is -0.146. The first-order chi connectivity index (χ1) is 14.2. The van der Waals surface area contributed by atoms with E-state index in [2.05, 4.69) is 28.1 Å². The Morgan fingerprint density at radius 3 is 2.97 bits per heavy atom. The third-order valence-electron chi connectivity index (χ3n) is 5.72. The highest BCUT2D eigenvalue weighted by atomic mass is 35.5. The zero-order valence-corrected chi connectivity index (χ0v) is 17.8. The van der Waals surface area contributed by atoms with Crippen molar-refractivity contribution in [1.29, 1.82) is 0 Å². The van der Waals surface area contributed by atoms with Gasteiger partial charge in [0.1, 0.15) is 6.10 Å². The van der Waals surface area contributed by atoms with Gasteiger partial charge in [-0.25, -0.2) is 0 Å². The van der Waals surface area contributed by atoms with E-state index in [0.29, 0.717) is 25.7 Å². The molecule has 1 aliphatic heterocycles. The summed E-state index contributed by atoms with van der Waals surface area (Å²) >= 11 is 6.45. The van der Waals surface area contributed by atoms with Crippen LogP contribution in [0.1, 0.15) is 31.2 Å². The van der Waals surface area contributed by atoms with Crippen LogP contribution in [0.15, 0.2) is 24.4 Å². The Morgan fingerprint density at radius 2 is 2.24 bits per heavy atom. The number of hydrogen-bond donors (Lipinski definition) is 1. The van der Waals surface area contributed by atoms with Crippen molar-refractivity contribution in [2.24, 2.45) is 0 Å². The monoisotopic (exact) mass is 419 g/mol. The van der Waals surface area contributed by atoms with E-state index in [4.69, 9.17) is 21.1 Å². The van der Waals surface area contributed by atoms with Crippen LogP contribution in [0.25, 0.3) is 10.9 Å². The lowest BCUT2D eigenvalue weighted by Gasteiger charge is -2.30. The van der Waals surface area contributed by atoms with Gasteiger partial charge in [0.05, 0.1) is 11.6 Å². The fourth-order valence-corrected chi connectivity index (χ4v) is 4.26. The first-order valence-electron chi connectivity index (χ1n) is 10.6. The number of nitrogens with zero attached hydrogens (tertiary/aromatic N) is 2. The second-order valence-electron chi connectivity index (χ2n) is 7.98. The smallest absolute Gasteiger partial charge is 0.253 e. The first kappa shape index (κ1) is 20.7. The van der Waals surface area contributed by atoms with Crippen molar-refractivity contribution in [3.8, 4) is 0 Å². The molecule has 29 heavy (non-hydrogen) atoms. The Morgan fingerprint density at radius 1 is 1.38 bits per heavy atom. The molecule has 1 saturated carbocycles. The number of fused-ring (bicyclic) bond motifs is 1. The third-order valence-corrected chi connectivity index (χ3v) is 6.02. The summed E-state index contributed by atoms with van der Waals surface area (Å²) in [6.45, 7) is 4.30. The minimum atomic E-state index is -0.368. The third kappa shape index (κ3) is 4.94. The number of rotatable bonds is 9. The summed E-state index contributed by atoms with van der Waals surface area (Å²) in [7, 11) is 1.73. The van der Waals surface area contributed by atoms with E-state index >= 15 is 0 Å². The van der Waals surface area contributed by atoms with Gasteiger partial charge in [-0.3, -0.25) is 4.79 Å². The average Bonchev–Trinajstić information content (AvgIpc) is 3.54. The number of morpholine rings is 1. The Labute approximate surface area is 177 Å². The fourth-order valence-electron chi connectivity index (χ4n) is 3.98. The van der Waals surface area contributed by atoms with Crippen LogP contribution < -0.4 is 5.32 Å². The van der Waals surface area contributed by atoms with Crippen molar-refractivity contribution in [2.45, 2.75) is 50.9 Å². The number of benzene rings is 1. The Bertz CT molecular complexity index is 843. The van der Waals surface area contributed by atoms with Crippen LogP contribution in [0, 0.1) is 0 Å². The van der Waals surface area contributed by atoms with E-state index in [1.54, 1.807) is 7.11 Å². The van der Waals surface area contributed by atoms with Crippen LogP contribution >= 0.6 is 11.6 Å².